The van der Waals surface area contributed by atoms with E-state index in [9.17, 15) is 4.79 Å². The molecule has 1 aromatic heterocycles. The first-order chi connectivity index (χ1) is 12.0. The lowest BCUT2D eigenvalue weighted by atomic mass is 10.1. The number of nitrogens with one attached hydrogen (secondary N) is 1. The van der Waals surface area contributed by atoms with Crippen LogP contribution < -0.4 is 10.2 Å². The molecule has 2 atom stereocenters. The summed E-state index contributed by atoms with van der Waals surface area (Å²) in [5, 5.41) is 3.00. The smallest absolute Gasteiger partial charge is 0.273 e. The largest absolute Gasteiger partial charge is 0.445 e. The van der Waals surface area contributed by atoms with Crippen molar-refractivity contribution >= 4 is 11.6 Å². The Morgan fingerprint density at radius 3 is 2.76 bits per heavy atom. The summed E-state index contributed by atoms with van der Waals surface area (Å²) in [6, 6.07) is 8.33. The second-order valence-corrected chi connectivity index (χ2v) is 6.71. The summed E-state index contributed by atoms with van der Waals surface area (Å²) < 4.78 is 11.0. The molecule has 2 aromatic rings. The third kappa shape index (κ3) is 4.20. The van der Waals surface area contributed by atoms with Crippen LogP contribution in [0.15, 0.2) is 35.1 Å². The molecule has 0 radical (unpaired) electrons. The number of anilines is 1. The number of oxazole rings is 1. The number of nitrogens with zero attached hydrogens (tertiary/aromatic N) is 2. The zero-order valence-electron chi connectivity index (χ0n) is 15.0. The van der Waals surface area contributed by atoms with E-state index in [0.29, 0.717) is 18.1 Å². The molecule has 1 fully saturated rings. The fraction of sp³-hybridized carbons (Fsp3) is 0.474. The number of ether oxygens (including phenoxy) is 1. The van der Waals surface area contributed by atoms with Gasteiger partial charge in [0.15, 0.2) is 17.8 Å². The van der Waals surface area contributed by atoms with Gasteiger partial charge in [0.1, 0.15) is 6.10 Å². The molecule has 1 aliphatic heterocycles. The number of hydrogen-bond acceptors (Lipinski definition) is 5. The van der Waals surface area contributed by atoms with E-state index in [1.807, 2.05) is 21.0 Å². The van der Waals surface area contributed by atoms with Crippen LogP contribution in [0.1, 0.15) is 47.7 Å². The first kappa shape index (κ1) is 17.5. The first-order valence-corrected chi connectivity index (χ1v) is 8.66. The molecule has 25 heavy (non-hydrogen) atoms. The summed E-state index contributed by atoms with van der Waals surface area (Å²) in [5.74, 6) is 0.328. The lowest BCUT2D eigenvalue weighted by Crippen LogP contribution is -2.35. The molecule has 1 amide bonds. The van der Waals surface area contributed by atoms with Crippen molar-refractivity contribution in [2.24, 2.45) is 0 Å². The molecule has 6 heteroatoms. The molecule has 134 valence electrons. The van der Waals surface area contributed by atoms with Crippen LogP contribution in [0, 0.1) is 0 Å². The highest BCUT2D eigenvalue weighted by Crippen LogP contribution is 2.30. The molecule has 0 aliphatic carbocycles. The Morgan fingerprint density at radius 2 is 2.12 bits per heavy atom. The van der Waals surface area contributed by atoms with Gasteiger partial charge < -0.3 is 19.4 Å². The van der Waals surface area contributed by atoms with Crippen molar-refractivity contribution in [1.29, 1.82) is 0 Å². The molecule has 0 unspecified atom stereocenters. The predicted molar refractivity (Wildman–Crippen MR) is 95.8 cm³/mol. The summed E-state index contributed by atoms with van der Waals surface area (Å²) in [4.78, 5) is 18.7. The van der Waals surface area contributed by atoms with Gasteiger partial charge in [-0.1, -0.05) is 12.1 Å². The van der Waals surface area contributed by atoms with Crippen molar-refractivity contribution < 1.29 is 13.9 Å². The molecule has 0 bridgehead atoms. The predicted octanol–water partition coefficient (Wildman–Crippen LogP) is 2.95. The van der Waals surface area contributed by atoms with E-state index in [-0.39, 0.29) is 18.1 Å². The highest BCUT2D eigenvalue weighted by atomic mass is 16.5. The maximum Gasteiger partial charge on any atom is 0.273 e. The van der Waals surface area contributed by atoms with Crippen molar-refractivity contribution in [1.82, 2.24) is 10.3 Å². The van der Waals surface area contributed by atoms with Crippen LogP contribution in [0.3, 0.4) is 0 Å². The maximum absolute atomic E-state index is 12.5. The lowest BCUT2D eigenvalue weighted by molar-refractivity contribution is 0.0854. The highest BCUT2D eigenvalue weighted by Gasteiger charge is 2.28. The number of hydrogen-bond donors (Lipinski definition) is 1. The number of benzene rings is 1. The Morgan fingerprint density at radius 1 is 1.36 bits per heavy atom. The van der Waals surface area contributed by atoms with E-state index in [1.165, 1.54) is 12.0 Å². The molecule has 0 spiro atoms. The van der Waals surface area contributed by atoms with Crippen LogP contribution in [0.2, 0.25) is 0 Å². The van der Waals surface area contributed by atoms with Crippen molar-refractivity contribution in [3.8, 4) is 0 Å². The third-order valence-electron chi connectivity index (χ3n) is 4.40. The van der Waals surface area contributed by atoms with Gasteiger partial charge in [0.05, 0.1) is 0 Å². The first-order valence-electron chi connectivity index (χ1n) is 8.66. The molecule has 1 saturated heterocycles. The zero-order valence-corrected chi connectivity index (χ0v) is 15.0. The minimum Gasteiger partial charge on any atom is -0.445 e. The highest BCUT2D eigenvalue weighted by molar-refractivity contribution is 5.93. The fourth-order valence-corrected chi connectivity index (χ4v) is 3.07. The Kier molecular flexibility index (Phi) is 5.38. The number of rotatable bonds is 6. The van der Waals surface area contributed by atoms with Gasteiger partial charge in [-0.25, -0.2) is 4.98 Å². The SMILES string of the molecule is C[C@@H](Cc1ccc(N(C)C)cc1)NC(=O)c1ncoc1[C@H]1CCCO1. The Balaban J connectivity index is 1.60. The van der Waals surface area contributed by atoms with Crippen molar-refractivity contribution in [2.45, 2.75) is 38.3 Å². The topological polar surface area (TPSA) is 67.6 Å². The molecule has 1 aromatic carbocycles. The second kappa shape index (κ2) is 7.70. The second-order valence-electron chi connectivity index (χ2n) is 6.71. The van der Waals surface area contributed by atoms with E-state index in [4.69, 9.17) is 9.15 Å². The summed E-state index contributed by atoms with van der Waals surface area (Å²) in [6.45, 7) is 2.69. The van der Waals surface area contributed by atoms with Gasteiger partial charge in [0.2, 0.25) is 0 Å². The van der Waals surface area contributed by atoms with Crippen LogP contribution in [0.25, 0.3) is 0 Å². The molecular formula is C19H25N3O3. The average molecular weight is 343 g/mol. The van der Waals surface area contributed by atoms with Crippen LogP contribution in [0.4, 0.5) is 5.69 Å². The van der Waals surface area contributed by atoms with Crippen LogP contribution >= 0.6 is 0 Å². The van der Waals surface area contributed by atoms with Gasteiger partial charge in [0.25, 0.3) is 5.91 Å². The monoisotopic (exact) mass is 343 g/mol. The van der Waals surface area contributed by atoms with Crippen molar-refractivity contribution in [3.05, 3.63) is 47.7 Å². The molecule has 1 aliphatic rings. The van der Waals surface area contributed by atoms with E-state index in [2.05, 4.69) is 39.5 Å². The number of aromatic nitrogens is 1. The van der Waals surface area contributed by atoms with Crippen LogP contribution in [-0.2, 0) is 11.2 Å². The van der Waals surface area contributed by atoms with E-state index < -0.39 is 0 Å². The molecule has 2 heterocycles. The van der Waals surface area contributed by atoms with Gasteiger partial charge >= 0.3 is 0 Å². The standard InChI is InChI=1S/C19H25N3O3/c1-13(11-14-6-8-15(9-7-14)22(2)3)21-19(23)17-18(25-12-20-17)16-5-4-10-24-16/h6-9,12-13,16H,4-5,10-11H2,1-3H3,(H,21,23)/t13-,16+/m0/s1. The number of carbonyl (C=O) groups is 1. The zero-order chi connectivity index (χ0) is 17.8. The number of carbonyl (C=O) groups excluding carboxylic acids is 1. The molecule has 6 nitrogen and oxygen atoms in total. The fourth-order valence-electron chi connectivity index (χ4n) is 3.07. The summed E-state index contributed by atoms with van der Waals surface area (Å²) in [5.41, 5.74) is 2.67. The number of amides is 1. The van der Waals surface area contributed by atoms with Crippen molar-refractivity contribution in [2.75, 3.05) is 25.6 Å². The quantitative estimate of drug-likeness (QED) is 0.873. The summed E-state index contributed by atoms with van der Waals surface area (Å²) >= 11 is 0. The normalized spacial score (nSPS) is 18.1. The Labute approximate surface area is 148 Å². The summed E-state index contributed by atoms with van der Waals surface area (Å²) in [6.07, 6.45) is 3.76. The van der Waals surface area contributed by atoms with E-state index in [0.717, 1.165) is 24.9 Å². The van der Waals surface area contributed by atoms with E-state index in [1.54, 1.807) is 0 Å². The van der Waals surface area contributed by atoms with Gasteiger partial charge in [-0.15, -0.1) is 0 Å². The van der Waals surface area contributed by atoms with Crippen LogP contribution in [-0.4, -0.2) is 37.6 Å². The van der Waals surface area contributed by atoms with Gasteiger partial charge in [-0.3, -0.25) is 4.79 Å². The molecule has 1 N–H and O–H groups in total. The van der Waals surface area contributed by atoms with Gasteiger partial charge in [-0.05, 0) is 43.9 Å². The van der Waals surface area contributed by atoms with Crippen molar-refractivity contribution in [3.63, 3.8) is 0 Å². The van der Waals surface area contributed by atoms with Gasteiger partial charge in [0, 0.05) is 32.4 Å². The molecule has 0 saturated carbocycles. The maximum atomic E-state index is 12.5. The Hall–Kier alpha value is -2.34. The summed E-state index contributed by atoms with van der Waals surface area (Å²) in [7, 11) is 4.03. The lowest BCUT2D eigenvalue weighted by Gasteiger charge is -2.16. The third-order valence-corrected chi connectivity index (χ3v) is 4.40. The minimum atomic E-state index is -0.211. The molecule has 3 rings (SSSR count). The van der Waals surface area contributed by atoms with Gasteiger partial charge in [-0.2, -0.15) is 0 Å². The average Bonchev–Trinajstić information content (AvgIpc) is 3.26. The molecular weight excluding hydrogens is 318 g/mol. The minimum absolute atomic E-state index is 0.00764. The Bertz CT molecular complexity index is 703. The van der Waals surface area contributed by atoms with E-state index >= 15 is 0 Å². The van der Waals surface area contributed by atoms with Crippen LogP contribution in [0.5, 0.6) is 0 Å².